The zero-order valence-electron chi connectivity index (χ0n) is 23.4. The lowest BCUT2D eigenvalue weighted by Crippen LogP contribution is -2.56. The number of ether oxygens (including phenoxy) is 1. The van der Waals surface area contributed by atoms with Crippen LogP contribution in [0.4, 0.5) is 9.18 Å². The van der Waals surface area contributed by atoms with E-state index in [9.17, 15) is 14.9 Å². The van der Waals surface area contributed by atoms with E-state index in [0.29, 0.717) is 28.9 Å². The topological polar surface area (TPSA) is 100 Å². The van der Waals surface area contributed by atoms with Crippen molar-refractivity contribution in [3.05, 3.63) is 54.0 Å². The summed E-state index contributed by atoms with van der Waals surface area (Å²) < 4.78 is 22.7. The molecule has 1 aromatic heterocycles. The Morgan fingerprint density at radius 1 is 1.20 bits per heavy atom. The van der Waals surface area contributed by atoms with Crippen LogP contribution >= 0.6 is 0 Å². The first-order valence-corrected chi connectivity index (χ1v) is 13.9. The van der Waals surface area contributed by atoms with Gasteiger partial charge in [0.25, 0.3) is 0 Å². The minimum Gasteiger partial charge on any atom is -0.444 e. The number of likely N-dealkylation sites (tertiary alicyclic amines) is 1. The van der Waals surface area contributed by atoms with Gasteiger partial charge in [-0.25, -0.2) is 9.18 Å². The van der Waals surface area contributed by atoms with Crippen LogP contribution in [0.25, 0.3) is 22.0 Å². The number of fused-ring (bicyclic) bond motifs is 6. The molecule has 1 N–H and O–H groups in total. The Morgan fingerprint density at radius 2 is 1.93 bits per heavy atom. The van der Waals surface area contributed by atoms with Gasteiger partial charge in [-0.3, -0.25) is 14.4 Å². The minimum absolute atomic E-state index is 0.0195. The molecule has 8 nitrogen and oxygen atoms in total. The van der Waals surface area contributed by atoms with Gasteiger partial charge in [-0.15, -0.1) is 0 Å². The highest BCUT2D eigenvalue weighted by atomic mass is 19.1. The molecule has 3 fully saturated rings. The van der Waals surface area contributed by atoms with Crippen LogP contribution in [0, 0.1) is 40.8 Å². The number of carbonyl (C=O) groups is 2. The Hall–Kier alpha value is -3.93. The van der Waals surface area contributed by atoms with E-state index in [4.69, 9.17) is 4.74 Å². The fourth-order valence-electron chi connectivity index (χ4n) is 7.18. The molecular weight excluding hydrogens is 509 g/mol. The predicted octanol–water partition coefficient (Wildman–Crippen LogP) is 4.82. The number of benzene rings is 2. The van der Waals surface area contributed by atoms with Gasteiger partial charge in [-0.05, 0) is 85.8 Å². The molecule has 3 aliphatic rings. The first kappa shape index (κ1) is 26.3. The summed E-state index contributed by atoms with van der Waals surface area (Å²) in [6.07, 6.45) is 2.08. The van der Waals surface area contributed by atoms with Gasteiger partial charge in [0, 0.05) is 24.9 Å². The van der Waals surface area contributed by atoms with Gasteiger partial charge >= 0.3 is 6.09 Å². The number of nitrogens with zero attached hydrogens (tertiary/aromatic N) is 4. The first-order chi connectivity index (χ1) is 19.0. The second-order valence-electron chi connectivity index (χ2n) is 12.6. The zero-order valence-corrected chi connectivity index (χ0v) is 23.4. The Kier molecular flexibility index (Phi) is 6.13. The maximum absolute atomic E-state index is 15.2. The molecule has 2 saturated carbocycles. The fourth-order valence-corrected chi connectivity index (χ4v) is 7.18. The molecule has 0 spiro atoms. The number of nitrogens with one attached hydrogen (secondary N) is 1. The summed E-state index contributed by atoms with van der Waals surface area (Å²) in [5, 5.41) is 17.9. The number of hydrogen-bond donors (Lipinski definition) is 1. The standard InChI is InChI=1S/C31H34FN5O3/c1-16-26-22-13-25(27(16)26)37(30(39)40-31(2,3)4)28(22)29(38)35-21(14-33)11-19-7-6-18(12-23(19)32)17-8-9-24-20(10-17)15-34-36(24)5/h6-10,12,15-16,21-22,25-28H,11,13H2,1-5H3,(H,35,38). The molecular formula is C31H34FN5O3. The number of amides is 2. The molecule has 40 heavy (non-hydrogen) atoms. The highest BCUT2D eigenvalue weighted by Crippen LogP contribution is 2.67. The lowest BCUT2D eigenvalue weighted by atomic mass is 9.94. The Bertz CT molecular complexity index is 1550. The average Bonchev–Trinajstić information content (AvgIpc) is 3.21. The van der Waals surface area contributed by atoms with E-state index in [2.05, 4.69) is 23.4 Å². The molecule has 2 heterocycles. The van der Waals surface area contributed by atoms with Crippen molar-refractivity contribution in [2.45, 2.75) is 64.3 Å². The number of hydrogen-bond acceptors (Lipinski definition) is 5. The molecule has 1 aliphatic heterocycles. The lowest BCUT2D eigenvalue weighted by molar-refractivity contribution is -0.128. The number of nitriles is 1. The van der Waals surface area contributed by atoms with Crippen molar-refractivity contribution in [1.29, 1.82) is 5.26 Å². The van der Waals surface area contributed by atoms with Crippen LogP contribution in [0.2, 0.25) is 0 Å². The van der Waals surface area contributed by atoms with Gasteiger partial charge in [-0.2, -0.15) is 10.4 Å². The summed E-state index contributed by atoms with van der Waals surface area (Å²) in [7, 11) is 1.87. The molecule has 2 bridgehead atoms. The van der Waals surface area contributed by atoms with Gasteiger partial charge < -0.3 is 10.1 Å². The molecule has 2 aliphatic carbocycles. The van der Waals surface area contributed by atoms with Gasteiger partial charge in [-0.1, -0.05) is 25.1 Å². The molecule has 208 valence electrons. The van der Waals surface area contributed by atoms with Crippen molar-refractivity contribution in [3.8, 4) is 17.2 Å². The maximum Gasteiger partial charge on any atom is 0.411 e. The second kappa shape index (κ2) is 9.33. The normalized spacial score (nSPS) is 27.3. The largest absolute Gasteiger partial charge is 0.444 e. The van der Waals surface area contributed by atoms with Crippen molar-refractivity contribution in [1.82, 2.24) is 20.0 Å². The van der Waals surface area contributed by atoms with Crippen molar-refractivity contribution >= 4 is 22.9 Å². The number of aryl methyl sites for hydroxylation is 1. The van der Waals surface area contributed by atoms with Crippen LogP contribution in [0.3, 0.4) is 0 Å². The van der Waals surface area contributed by atoms with E-state index in [0.717, 1.165) is 22.9 Å². The van der Waals surface area contributed by atoms with Gasteiger partial charge in [0.2, 0.25) is 5.91 Å². The van der Waals surface area contributed by atoms with E-state index in [1.165, 1.54) is 6.07 Å². The van der Waals surface area contributed by atoms with Crippen LogP contribution in [-0.2, 0) is 23.0 Å². The summed E-state index contributed by atoms with van der Waals surface area (Å²) >= 11 is 0. The molecule has 7 unspecified atom stereocenters. The molecule has 0 radical (unpaired) electrons. The third-order valence-corrected chi connectivity index (χ3v) is 8.93. The van der Waals surface area contributed by atoms with E-state index in [1.807, 2.05) is 31.3 Å². The molecule has 3 aromatic rings. The predicted molar refractivity (Wildman–Crippen MR) is 147 cm³/mol. The van der Waals surface area contributed by atoms with Crippen LogP contribution in [-0.4, -0.2) is 50.4 Å². The highest BCUT2D eigenvalue weighted by Gasteiger charge is 2.71. The lowest BCUT2D eigenvalue weighted by Gasteiger charge is -2.35. The monoisotopic (exact) mass is 543 g/mol. The van der Waals surface area contributed by atoms with E-state index in [1.54, 1.807) is 42.6 Å². The molecule has 9 heteroatoms. The average molecular weight is 544 g/mol. The molecule has 1 saturated heterocycles. The Labute approximate surface area is 233 Å². The highest BCUT2D eigenvalue weighted by molar-refractivity contribution is 5.88. The zero-order chi connectivity index (χ0) is 28.5. The van der Waals surface area contributed by atoms with Crippen molar-refractivity contribution in [2.24, 2.45) is 30.7 Å². The summed E-state index contributed by atoms with van der Waals surface area (Å²) in [6.45, 7) is 7.58. The van der Waals surface area contributed by atoms with Crippen molar-refractivity contribution in [2.75, 3.05) is 0 Å². The third kappa shape index (κ3) is 4.40. The number of halogens is 1. The summed E-state index contributed by atoms with van der Waals surface area (Å²) in [5.41, 5.74) is 2.22. The van der Waals surface area contributed by atoms with Gasteiger partial charge in [0.15, 0.2) is 0 Å². The van der Waals surface area contributed by atoms with Gasteiger partial charge in [0.1, 0.15) is 23.5 Å². The van der Waals surface area contributed by atoms with Crippen LogP contribution in [0.5, 0.6) is 0 Å². The van der Waals surface area contributed by atoms with E-state index >= 15 is 4.39 Å². The van der Waals surface area contributed by atoms with E-state index in [-0.39, 0.29) is 24.3 Å². The quantitative estimate of drug-likeness (QED) is 0.497. The molecule has 2 aromatic carbocycles. The fraction of sp³-hybridized carbons (Fsp3) is 0.484. The first-order valence-electron chi connectivity index (χ1n) is 13.9. The van der Waals surface area contributed by atoms with Crippen molar-refractivity contribution < 1.29 is 18.7 Å². The summed E-state index contributed by atoms with van der Waals surface area (Å²) in [5.74, 6) is 0.512. The SMILES string of the molecule is CC1C2C3CC(C12)N(C(=O)OC(C)(C)C)C3C(=O)NC(C#N)Cc1ccc(-c2ccc3c(cnn3C)c2)cc1F. The molecule has 2 amide bonds. The summed E-state index contributed by atoms with van der Waals surface area (Å²) in [4.78, 5) is 28.3. The number of piperidine rings is 1. The minimum atomic E-state index is -0.938. The van der Waals surface area contributed by atoms with Crippen molar-refractivity contribution in [3.63, 3.8) is 0 Å². The smallest absolute Gasteiger partial charge is 0.411 e. The Morgan fingerprint density at radius 3 is 2.62 bits per heavy atom. The number of rotatable bonds is 5. The third-order valence-electron chi connectivity index (χ3n) is 8.93. The number of carbonyl (C=O) groups excluding carboxylic acids is 2. The maximum atomic E-state index is 15.2. The van der Waals surface area contributed by atoms with Gasteiger partial charge in [0.05, 0.1) is 17.8 Å². The summed E-state index contributed by atoms with van der Waals surface area (Å²) in [6, 6.07) is 11.2. The van der Waals surface area contributed by atoms with Crippen LogP contribution < -0.4 is 5.32 Å². The van der Waals surface area contributed by atoms with Crippen LogP contribution in [0.15, 0.2) is 42.6 Å². The van der Waals surface area contributed by atoms with E-state index < -0.39 is 29.6 Å². The number of aromatic nitrogens is 2. The van der Waals surface area contributed by atoms with Crippen LogP contribution in [0.1, 0.15) is 39.7 Å². The second-order valence-corrected chi connectivity index (χ2v) is 12.6. The molecule has 7 atom stereocenters. The Balaban J connectivity index is 1.17. The molecule has 6 rings (SSSR count).